The van der Waals surface area contributed by atoms with Crippen molar-refractivity contribution in [3.8, 4) is 5.75 Å². The number of allylic oxidation sites excluding steroid dienone is 2. The molecule has 2 rings (SSSR count). The van der Waals surface area contributed by atoms with Crippen LogP contribution >= 0.6 is 23.2 Å². The summed E-state index contributed by atoms with van der Waals surface area (Å²) in [5.41, 5.74) is 1.11. The summed E-state index contributed by atoms with van der Waals surface area (Å²) < 4.78 is 5.35. The molecule has 0 unspecified atom stereocenters. The van der Waals surface area contributed by atoms with E-state index in [9.17, 15) is 9.90 Å². The summed E-state index contributed by atoms with van der Waals surface area (Å²) in [6, 6.07) is 11.8. The summed E-state index contributed by atoms with van der Waals surface area (Å²) in [5.74, 6) is 0.493. The molecule has 1 N–H and O–H groups in total. The van der Waals surface area contributed by atoms with Crippen molar-refractivity contribution in [2.45, 2.75) is 13.8 Å². The highest BCUT2D eigenvalue weighted by Gasteiger charge is 2.06. The van der Waals surface area contributed by atoms with E-state index in [0.29, 0.717) is 26.9 Å². The smallest absolute Gasteiger partial charge is 0.185 e. The molecule has 5 heteroatoms. The number of halogens is 2. The van der Waals surface area contributed by atoms with Crippen LogP contribution in [0.25, 0.3) is 6.08 Å². The maximum Gasteiger partial charge on any atom is 0.185 e. The van der Waals surface area contributed by atoms with Gasteiger partial charge >= 0.3 is 0 Å². The zero-order valence-electron chi connectivity index (χ0n) is 13.9. The zero-order valence-corrected chi connectivity index (χ0v) is 15.4. The van der Waals surface area contributed by atoms with E-state index in [1.807, 2.05) is 13.8 Å². The van der Waals surface area contributed by atoms with E-state index in [1.54, 1.807) is 48.5 Å². The molecule has 0 saturated carbocycles. The maximum absolute atomic E-state index is 12.2. The fourth-order valence-corrected chi connectivity index (χ4v) is 2.41. The lowest BCUT2D eigenvalue weighted by Gasteiger charge is -2.05. The van der Waals surface area contributed by atoms with E-state index >= 15 is 0 Å². The quantitative estimate of drug-likeness (QED) is 0.364. The number of aliphatic hydroxyl groups is 1. The second-order valence-electron chi connectivity index (χ2n) is 5.67. The number of carbonyl (C=O) groups excluding carboxylic acids is 1. The monoisotopic (exact) mass is 376 g/mol. The number of ketones is 1. The Balaban J connectivity index is 2.08. The molecule has 0 radical (unpaired) electrons. The molecule has 0 saturated heterocycles. The number of hydrogen-bond donors (Lipinski definition) is 1. The van der Waals surface area contributed by atoms with Crippen molar-refractivity contribution in [3.05, 3.63) is 81.7 Å². The van der Waals surface area contributed by atoms with E-state index in [-0.39, 0.29) is 17.5 Å². The summed E-state index contributed by atoms with van der Waals surface area (Å²) in [6.45, 7) is 3.71. The first-order valence-corrected chi connectivity index (χ1v) is 8.46. The lowest BCUT2D eigenvalue weighted by molar-refractivity contribution is 0.104. The van der Waals surface area contributed by atoms with Gasteiger partial charge in [0.15, 0.2) is 5.78 Å². The van der Waals surface area contributed by atoms with Gasteiger partial charge in [0.25, 0.3) is 0 Å². The van der Waals surface area contributed by atoms with Gasteiger partial charge in [-0.3, -0.25) is 4.79 Å². The normalized spacial score (nSPS) is 12.0. The van der Waals surface area contributed by atoms with Gasteiger partial charge in [-0.25, -0.2) is 0 Å². The molecule has 2 aromatic carbocycles. The van der Waals surface area contributed by atoms with Crippen LogP contribution in [0.2, 0.25) is 10.0 Å². The third kappa shape index (κ3) is 5.38. The Morgan fingerprint density at radius 1 is 1.08 bits per heavy atom. The van der Waals surface area contributed by atoms with Crippen LogP contribution in [0.15, 0.2) is 60.6 Å². The first-order chi connectivity index (χ1) is 11.9. The highest BCUT2D eigenvalue weighted by Crippen LogP contribution is 2.25. The Kier molecular flexibility index (Phi) is 6.68. The minimum absolute atomic E-state index is 0.0115. The Hall–Kier alpha value is -2.23. The lowest BCUT2D eigenvalue weighted by atomic mass is 10.1. The van der Waals surface area contributed by atoms with Gasteiger partial charge in [-0.1, -0.05) is 43.1 Å². The van der Waals surface area contributed by atoms with Crippen LogP contribution in [0.4, 0.5) is 0 Å². The van der Waals surface area contributed by atoms with Crippen molar-refractivity contribution in [3.63, 3.8) is 0 Å². The minimum atomic E-state index is -0.178. The number of benzene rings is 2. The van der Waals surface area contributed by atoms with Crippen LogP contribution < -0.4 is 4.74 Å². The van der Waals surface area contributed by atoms with Crippen LogP contribution in [0, 0.1) is 5.92 Å². The van der Waals surface area contributed by atoms with Gasteiger partial charge in [0.1, 0.15) is 17.8 Å². The molecule has 0 atom stereocenters. The standard InChI is InChI=1S/C20H18Cl2O3/c1-13(2)20(24)12-25-15-8-6-14(7-9-15)19(23)11-10-16-17(21)4-3-5-18(16)22/h3-13,24H,1-2H3/b11-10+,20-12-. The molecule has 0 aliphatic rings. The first kappa shape index (κ1) is 19.1. The SMILES string of the molecule is CC(C)/C(O)=C/Oc1ccc(C(=O)/C=C/c2c(Cl)cccc2Cl)cc1. The van der Waals surface area contributed by atoms with Crippen LogP contribution in [0.3, 0.4) is 0 Å². The fourth-order valence-electron chi connectivity index (χ4n) is 1.89. The van der Waals surface area contributed by atoms with Gasteiger partial charge in [0, 0.05) is 27.1 Å². The first-order valence-electron chi connectivity index (χ1n) is 7.70. The molecule has 130 valence electrons. The predicted octanol–water partition coefficient (Wildman–Crippen LogP) is 6.32. The largest absolute Gasteiger partial charge is 0.509 e. The molecule has 0 fully saturated rings. The van der Waals surface area contributed by atoms with Crippen molar-refractivity contribution >= 4 is 35.1 Å². The van der Waals surface area contributed by atoms with E-state index in [0.717, 1.165) is 0 Å². The lowest BCUT2D eigenvalue weighted by Crippen LogP contribution is -1.96. The van der Waals surface area contributed by atoms with Crippen LogP contribution in [0.1, 0.15) is 29.8 Å². The van der Waals surface area contributed by atoms with E-state index in [4.69, 9.17) is 27.9 Å². The second-order valence-corrected chi connectivity index (χ2v) is 6.49. The Morgan fingerprint density at radius 2 is 1.68 bits per heavy atom. The van der Waals surface area contributed by atoms with E-state index in [1.165, 1.54) is 12.3 Å². The van der Waals surface area contributed by atoms with Gasteiger partial charge in [-0.05, 0) is 48.6 Å². The number of ether oxygens (including phenoxy) is 1. The maximum atomic E-state index is 12.2. The summed E-state index contributed by atoms with van der Waals surface area (Å²) >= 11 is 12.1. The highest BCUT2D eigenvalue weighted by molar-refractivity contribution is 6.37. The van der Waals surface area contributed by atoms with E-state index < -0.39 is 0 Å². The van der Waals surface area contributed by atoms with Crippen molar-refractivity contribution < 1.29 is 14.6 Å². The van der Waals surface area contributed by atoms with Crippen molar-refractivity contribution in [2.24, 2.45) is 5.92 Å². The fraction of sp³-hybridized carbons (Fsp3) is 0.150. The number of aliphatic hydroxyl groups excluding tert-OH is 1. The Labute approximate surface area is 157 Å². The van der Waals surface area contributed by atoms with E-state index in [2.05, 4.69) is 0 Å². The van der Waals surface area contributed by atoms with Gasteiger partial charge in [0.05, 0.1) is 0 Å². The molecule has 0 aromatic heterocycles. The minimum Gasteiger partial charge on any atom is -0.509 e. The summed E-state index contributed by atoms with van der Waals surface area (Å²) in [4.78, 5) is 12.2. The molecule has 0 amide bonds. The molecule has 0 aliphatic carbocycles. The molecule has 2 aromatic rings. The summed E-state index contributed by atoms with van der Waals surface area (Å²) in [6.07, 6.45) is 4.31. The number of rotatable bonds is 6. The van der Waals surface area contributed by atoms with Crippen molar-refractivity contribution in [2.75, 3.05) is 0 Å². The predicted molar refractivity (Wildman–Crippen MR) is 102 cm³/mol. The summed E-state index contributed by atoms with van der Waals surface area (Å²) in [5, 5.41) is 10.6. The number of hydrogen-bond acceptors (Lipinski definition) is 3. The molecule has 0 bridgehead atoms. The zero-order chi connectivity index (χ0) is 18.4. The van der Waals surface area contributed by atoms with Crippen LogP contribution in [0.5, 0.6) is 5.75 Å². The molecule has 3 nitrogen and oxygen atoms in total. The Morgan fingerprint density at radius 3 is 2.24 bits per heavy atom. The molecular weight excluding hydrogens is 359 g/mol. The second kappa shape index (κ2) is 8.75. The van der Waals surface area contributed by atoms with Crippen LogP contribution in [-0.2, 0) is 0 Å². The van der Waals surface area contributed by atoms with Crippen molar-refractivity contribution in [1.82, 2.24) is 0 Å². The Bertz CT molecular complexity index is 786. The topological polar surface area (TPSA) is 46.5 Å². The van der Waals surface area contributed by atoms with Crippen molar-refractivity contribution in [1.29, 1.82) is 0 Å². The highest BCUT2D eigenvalue weighted by atomic mass is 35.5. The van der Waals surface area contributed by atoms with Gasteiger partial charge in [0.2, 0.25) is 0 Å². The molecule has 0 aliphatic heterocycles. The molecular formula is C20H18Cl2O3. The number of carbonyl (C=O) groups is 1. The van der Waals surface area contributed by atoms with Gasteiger partial charge in [-0.2, -0.15) is 0 Å². The molecule has 25 heavy (non-hydrogen) atoms. The third-order valence-electron chi connectivity index (χ3n) is 3.45. The summed E-state index contributed by atoms with van der Waals surface area (Å²) in [7, 11) is 0. The third-order valence-corrected chi connectivity index (χ3v) is 4.11. The average Bonchev–Trinajstić information content (AvgIpc) is 2.59. The molecule has 0 heterocycles. The van der Waals surface area contributed by atoms with Crippen LogP contribution in [-0.4, -0.2) is 10.9 Å². The van der Waals surface area contributed by atoms with Gasteiger partial charge < -0.3 is 9.84 Å². The van der Waals surface area contributed by atoms with Gasteiger partial charge in [-0.15, -0.1) is 0 Å². The molecule has 0 spiro atoms. The average molecular weight is 377 g/mol.